The largest absolute Gasteiger partial charge is 0.480 e. The summed E-state index contributed by atoms with van der Waals surface area (Å²) in [4.78, 5) is 38.9. The van der Waals surface area contributed by atoms with Crippen LogP contribution in [0.25, 0.3) is 0 Å². The van der Waals surface area contributed by atoms with E-state index in [-0.39, 0.29) is 30.7 Å². The van der Waals surface area contributed by atoms with Gasteiger partial charge in [-0.25, -0.2) is 0 Å². The highest BCUT2D eigenvalue weighted by molar-refractivity contribution is 5.90. The fraction of sp³-hybridized carbons (Fsp3) is 0.500. The number of carbonyl (C=O) groups is 3. The molecule has 1 atom stereocenters. The van der Waals surface area contributed by atoms with Gasteiger partial charge in [0.1, 0.15) is 6.54 Å². The van der Waals surface area contributed by atoms with E-state index in [2.05, 4.69) is 0 Å². The third-order valence-electron chi connectivity index (χ3n) is 4.00. The van der Waals surface area contributed by atoms with E-state index in [4.69, 9.17) is 5.11 Å². The number of aliphatic carboxylic acids is 1. The third kappa shape index (κ3) is 4.81. The van der Waals surface area contributed by atoms with Gasteiger partial charge in [0.2, 0.25) is 11.8 Å². The van der Waals surface area contributed by atoms with Gasteiger partial charge in [0.05, 0.1) is 5.92 Å². The summed E-state index contributed by atoms with van der Waals surface area (Å²) in [6.07, 6.45) is 0.153. The van der Waals surface area contributed by atoms with Crippen LogP contribution >= 0.6 is 0 Å². The lowest BCUT2D eigenvalue weighted by atomic mass is 10.1. The Hall–Kier alpha value is -2.37. The van der Waals surface area contributed by atoms with Crippen LogP contribution in [0.2, 0.25) is 0 Å². The van der Waals surface area contributed by atoms with E-state index in [1.165, 1.54) is 4.90 Å². The molecule has 0 aliphatic carbocycles. The molecule has 2 amide bonds. The minimum atomic E-state index is -1.03. The highest BCUT2D eigenvalue weighted by atomic mass is 16.4. The van der Waals surface area contributed by atoms with Crippen LogP contribution < -0.4 is 0 Å². The Labute approximate surface area is 142 Å². The number of hydrogen-bond acceptors (Lipinski definition) is 3. The Morgan fingerprint density at radius 1 is 1.29 bits per heavy atom. The van der Waals surface area contributed by atoms with Crippen molar-refractivity contribution < 1.29 is 19.5 Å². The molecule has 0 aromatic heterocycles. The van der Waals surface area contributed by atoms with Crippen LogP contribution in [0.4, 0.5) is 0 Å². The van der Waals surface area contributed by atoms with Crippen molar-refractivity contribution in [2.75, 3.05) is 19.6 Å². The van der Waals surface area contributed by atoms with Gasteiger partial charge in [0.25, 0.3) is 0 Å². The SMILES string of the molecule is CC(C)CN(CC(=O)O)C(=O)C1CC(=O)N(Cc2ccccc2)C1. The predicted octanol–water partition coefficient (Wildman–Crippen LogP) is 1.60. The fourth-order valence-corrected chi connectivity index (χ4v) is 2.99. The minimum absolute atomic E-state index is 0.0583. The Morgan fingerprint density at radius 2 is 1.96 bits per heavy atom. The first-order valence-electron chi connectivity index (χ1n) is 8.19. The third-order valence-corrected chi connectivity index (χ3v) is 4.00. The summed E-state index contributed by atoms with van der Waals surface area (Å²) in [5.74, 6) is -1.62. The van der Waals surface area contributed by atoms with Gasteiger partial charge >= 0.3 is 5.97 Å². The molecule has 0 radical (unpaired) electrons. The normalized spacial score (nSPS) is 17.4. The van der Waals surface area contributed by atoms with Crippen LogP contribution in [0.15, 0.2) is 30.3 Å². The summed E-state index contributed by atoms with van der Waals surface area (Å²) in [6, 6.07) is 9.62. The number of carboxylic acids is 1. The van der Waals surface area contributed by atoms with Crippen molar-refractivity contribution in [3.8, 4) is 0 Å². The minimum Gasteiger partial charge on any atom is -0.480 e. The van der Waals surface area contributed by atoms with Crippen LogP contribution in [0, 0.1) is 11.8 Å². The molecule has 0 saturated carbocycles. The van der Waals surface area contributed by atoms with Gasteiger partial charge < -0.3 is 14.9 Å². The molecule has 1 N–H and O–H groups in total. The van der Waals surface area contributed by atoms with Crippen molar-refractivity contribution >= 4 is 17.8 Å². The molecule has 130 valence electrons. The Bertz CT molecular complexity index is 600. The number of amides is 2. The molecule has 2 rings (SSSR count). The number of likely N-dealkylation sites (tertiary alicyclic amines) is 1. The molecule has 6 nitrogen and oxygen atoms in total. The van der Waals surface area contributed by atoms with Crippen molar-refractivity contribution in [1.29, 1.82) is 0 Å². The van der Waals surface area contributed by atoms with Gasteiger partial charge in [-0.1, -0.05) is 44.2 Å². The number of carbonyl (C=O) groups excluding carboxylic acids is 2. The molecule has 6 heteroatoms. The topological polar surface area (TPSA) is 77.9 Å². The van der Waals surface area contributed by atoms with Gasteiger partial charge in [-0.3, -0.25) is 14.4 Å². The second kappa shape index (κ2) is 7.95. The first-order valence-corrected chi connectivity index (χ1v) is 8.19. The Kier molecular flexibility index (Phi) is 5.95. The molecular formula is C18H24N2O4. The smallest absolute Gasteiger partial charge is 0.323 e. The van der Waals surface area contributed by atoms with E-state index in [0.29, 0.717) is 19.6 Å². The molecule has 1 unspecified atom stereocenters. The van der Waals surface area contributed by atoms with E-state index in [0.717, 1.165) is 5.56 Å². The zero-order valence-electron chi connectivity index (χ0n) is 14.1. The van der Waals surface area contributed by atoms with E-state index >= 15 is 0 Å². The molecule has 1 heterocycles. The maximum absolute atomic E-state index is 12.6. The quantitative estimate of drug-likeness (QED) is 0.823. The maximum atomic E-state index is 12.6. The highest BCUT2D eigenvalue weighted by Crippen LogP contribution is 2.22. The Morgan fingerprint density at radius 3 is 2.54 bits per heavy atom. The summed E-state index contributed by atoms with van der Waals surface area (Å²) < 4.78 is 0. The lowest BCUT2D eigenvalue weighted by Gasteiger charge is -2.25. The summed E-state index contributed by atoms with van der Waals surface area (Å²) in [7, 11) is 0. The lowest BCUT2D eigenvalue weighted by Crippen LogP contribution is -2.42. The van der Waals surface area contributed by atoms with Crippen molar-refractivity contribution in [3.63, 3.8) is 0 Å². The average Bonchev–Trinajstić information content (AvgIpc) is 2.87. The van der Waals surface area contributed by atoms with Gasteiger partial charge in [-0.2, -0.15) is 0 Å². The summed E-state index contributed by atoms with van der Waals surface area (Å²) >= 11 is 0. The molecule has 0 bridgehead atoms. The fourth-order valence-electron chi connectivity index (χ4n) is 2.99. The van der Waals surface area contributed by atoms with Gasteiger partial charge in [-0.05, 0) is 11.5 Å². The summed E-state index contributed by atoms with van der Waals surface area (Å²) in [6.45, 7) is 4.76. The Balaban J connectivity index is 2.02. The van der Waals surface area contributed by atoms with Crippen molar-refractivity contribution in [2.45, 2.75) is 26.8 Å². The van der Waals surface area contributed by atoms with Crippen molar-refractivity contribution in [1.82, 2.24) is 9.80 Å². The first-order chi connectivity index (χ1) is 11.4. The van der Waals surface area contributed by atoms with Crippen LogP contribution in [0.5, 0.6) is 0 Å². The first kappa shape index (κ1) is 18.0. The second-order valence-electron chi connectivity index (χ2n) is 6.67. The number of carboxylic acid groups (broad SMARTS) is 1. The monoisotopic (exact) mass is 332 g/mol. The van der Waals surface area contributed by atoms with Crippen LogP contribution in [-0.4, -0.2) is 52.3 Å². The molecule has 1 saturated heterocycles. The number of rotatable bonds is 7. The molecule has 0 spiro atoms. The zero-order valence-corrected chi connectivity index (χ0v) is 14.1. The summed E-state index contributed by atoms with van der Waals surface area (Å²) in [5, 5.41) is 9.02. The van der Waals surface area contributed by atoms with Gasteiger partial charge in [-0.15, -0.1) is 0 Å². The average molecular weight is 332 g/mol. The molecule has 24 heavy (non-hydrogen) atoms. The van der Waals surface area contributed by atoms with Crippen LogP contribution in [-0.2, 0) is 20.9 Å². The lowest BCUT2D eigenvalue weighted by molar-refractivity contribution is -0.146. The van der Waals surface area contributed by atoms with Crippen molar-refractivity contribution in [3.05, 3.63) is 35.9 Å². The molecular weight excluding hydrogens is 308 g/mol. The molecule has 1 aliphatic rings. The van der Waals surface area contributed by atoms with Crippen LogP contribution in [0.3, 0.4) is 0 Å². The maximum Gasteiger partial charge on any atom is 0.323 e. The second-order valence-corrected chi connectivity index (χ2v) is 6.67. The molecule has 1 aliphatic heterocycles. The van der Waals surface area contributed by atoms with E-state index in [9.17, 15) is 14.4 Å². The van der Waals surface area contributed by atoms with Crippen LogP contribution in [0.1, 0.15) is 25.8 Å². The van der Waals surface area contributed by atoms with Gasteiger partial charge in [0, 0.05) is 26.1 Å². The number of benzene rings is 1. The zero-order chi connectivity index (χ0) is 17.7. The molecule has 1 aromatic rings. The van der Waals surface area contributed by atoms with Crippen molar-refractivity contribution in [2.24, 2.45) is 11.8 Å². The van der Waals surface area contributed by atoms with E-state index in [1.807, 2.05) is 44.2 Å². The molecule has 1 fully saturated rings. The van der Waals surface area contributed by atoms with E-state index < -0.39 is 11.9 Å². The summed E-state index contributed by atoms with van der Waals surface area (Å²) in [5.41, 5.74) is 1.02. The standard InChI is InChI=1S/C18H24N2O4/c1-13(2)9-20(12-17(22)23)18(24)15-8-16(21)19(11-15)10-14-6-4-3-5-7-14/h3-7,13,15H,8-12H2,1-2H3,(H,22,23). The highest BCUT2D eigenvalue weighted by Gasteiger charge is 2.37. The van der Waals surface area contributed by atoms with Gasteiger partial charge in [0.15, 0.2) is 0 Å². The number of hydrogen-bond donors (Lipinski definition) is 1. The predicted molar refractivity (Wildman–Crippen MR) is 89.0 cm³/mol. The molecule has 1 aromatic carbocycles. The van der Waals surface area contributed by atoms with E-state index in [1.54, 1.807) is 4.90 Å². The number of nitrogens with zero attached hydrogens (tertiary/aromatic N) is 2.